The van der Waals surface area contributed by atoms with Crippen LogP contribution in [0.25, 0.3) is 0 Å². The summed E-state index contributed by atoms with van der Waals surface area (Å²) in [7, 11) is 0. The summed E-state index contributed by atoms with van der Waals surface area (Å²) in [5.74, 6) is 1.33. The van der Waals surface area contributed by atoms with Gasteiger partial charge in [-0.25, -0.2) is 0 Å². The third-order valence-corrected chi connectivity index (χ3v) is 10.0. The first-order chi connectivity index (χ1) is 16.5. The molecule has 4 aliphatic rings. The third kappa shape index (κ3) is 5.40. The van der Waals surface area contributed by atoms with Crippen molar-refractivity contribution < 1.29 is 20.1 Å². The predicted octanol–water partition coefficient (Wildman–Crippen LogP) is 6.05. The van der Waals surface area contributed by atoms with Gasteiger partial charge >= 0.3 is 0 Å². The van der Waals surface area contributed by atoms with E-state index in [0.717, 1.165) is 31.3 Å². The van der Waals surface area contributed by atoms with Crippen molar-refractivity contribution >= 4 is 5.78 Å². The van der Waals surface area contributed by atoms with Crippen LogP contribution in [0.15, 0.2) is 35.5 Å². The highest BCUT2D eigenvalue weighted by atomic mass is 16.3. The second kappa shape index (κ2) is 10.3. The minimum atomic E-state index is -0.666. The van der Waals surface area contributed by atoms with Crippen LogP contribution in [-0.2, 0) is 4.79 Å². The van der Waals surface area contributed by atoms with E-state index in [9.17, 15) is 20.1 Å². The molecule has 35 heavy (non-hydrogen) atoms. The zero-order valence-corrected chi connectivity index (χ0v) is 22.4. The maximum Gasteiger partial charge on any atom is 0.141 e. The monoisotopic (exact) mass is 484 g/mol. The first-order valence-corrected chi connectivity index (χ1v) is 14.2. The third-order valence-electron chi connectivity index (χ3n) is 10.0. The van der Waals surface area contributed by atoms with Gasteiger partial charge in [0.1, 0.15) is 5.78 Å². The van der Waals surface area contributed by atoms with Crippen molar-refractivity contribution in [1.29, 1.82) is 0 Å². The topological polar surface area (TPSA) is 77.8 Å². The molecule has 0 bridgehead atoms. The highest BCUT2D eigenvalue weighted by Gasteiger charge is 2.55. The largest absolute Gasteiger partial charge is 0.393 e. The molecule has 0 aromatic heterocycles. The smallest absolute Gasteiger partial charge is 0.141 e. The molecule has 0 aromatic carbocycles. The summed E-state index contributed by atoms with van der Waals surface area (Å²) in [5, 5.41) is 31.0. The van der Waals surface area contributed by atoms with Crippen molar-refractivity contribution in [2.45, 2.75) is 123 Å². The molecule has 0 aromatic rings. The molecule has 0 heterocycles. The van der Waals surface area contributed by atoms with Gasteiger partial charge in [0.25, 0.3) is 0 Å². The number of ketones is 1. The van der Waals surface area contributed by atoms with Crippen LogP contribution >= 0.6 is 0 Å². The molecule has 4 nitrogen and oxygen atoms in total. The molecule has 4 aliphatic carbocycles. The molecule has 0 radical (unpaired) electrons. The molecule has 4 rings (SSSR count). The number of Topliss-reactive ketones (excluding diaryl/α,β-unsaturated/α-hetero) is 1. The Bertz CT molecular complexity index is 864. The van der Waals surface area contributed by atoms with E-state index in [1.807, 2.05) is 13.0 Å². The Hall–Kier alpha value is -1.23. The summed E-state index contributed by atoms with van der Waals surface area (Å²) in [6, 6.07) is 0. The van der Waals surface area contributed by atoms with E-state index in [4.69, 9.17) is 0 Å². The lowest BCUT2D eigenvalue weighted by Crippen LogP contribution is -2.39. The summed E-state index contributed by atoms with van der Waals surface area (Å²) >= 11 is 0. The van der Waals surface area contributed by atoms with Crippen molar-refractivity contribution in [2.24, 2.45) is 28.1 Å². The van der Waals surface area contributed by atoms with Gasteiger partial charge in [0.2, 0.25) is 0 Å². The summed E-state index contributed by atoms with van der Waals surface area (Å²) in [6.07, 6.45) is 18.0. The SMILES string of the molecule is CCCC(=O)C1([C@H](O)/C=C/C(C)(C)[C@H]2CC[C@H]3/C(=C/C=C4C[C@@H](O)C[C@H](O)C4)CCC[C@]23C)CC1. The average Bonchev–Trinajstić information content (AvgIpc) is 3.51. The molecule has 0 aliphatic heterocycles. The Balaban J connectivity index is 1.48. The Morgan fingerprint density at radius 3 is 2.43 bits per heavy atom. The van der Waals surface area contributed by atoms with Crippen molar-refractivity contribution in [2.75, 3.05) is 0 Å². The number of aliphatic hydroxyl groups excluding tert-OH is 3. The van der Waals surface area contributed by atoms with Crippen molar-refractivity contribution in [3.63, 3.8) is 0 Å². The fourth-order valence-electron chi connectivity index (χ4n) is 7.98. The minimum absolute atomic E-state index is 0.0487. The van der Waals surface area contributed by atoms with Crippen molar-refractivity contribution in [3.8, 4) is 0 Å². The normalized spacial score (nSPS) is 36.9. The maximum absolute atomic E-state index is 12.6. The van der Waals surface area contributed by atoms with Gasteiger partial charge in [0, 0.05) is 6.42 Å². The Kier molecular flexibility index (Phi) is 7.87. The van der Waals surface area contributed by atoms with Crippen LogP contribution < -0.4 is 0 Å². The molecule has 4 fully saturated rings. The van der Waals surface area contributed by atoms with Crippen molar-refractivity contribution in [3.05, 3.63) is 35.5 Å². The summed E-state index contributed by atoms with van der Waals surface area (Å²) in [4.78, 5) is 12.6. The van der Waals surface area contributed by atoms with Crippen LogP contribution in [0.2, 0.25) is 0 Å². The van der Waals surface area contributed by atoms with E-state index in [0.29, 0.717) is 37.5 Å². The van der Waals surface area contributed by atoms with Gasteiger partial charge in [-0.1, -0.05) is 63.1 Å². The number of hydrogen-bond donors (Lipinski definition) is 3. The number of carbonyl (C=O) groups excluding carboxylic acids is 1. The van der Waals surface area contributed by atoms with Crippen LogP contribution in [-0.4, -0.2) is 39.4 Å². The van der Waals surface area contributed by atoms with Gasteiger partial charge in [0.05, 0.1) is 23.7 Å². The molecule has 0 saturated heterocycles. The highest BCUT2D eigenvalue weighted by molar-refractivity contribution is 5.88. The molecule has 4 saturated carbocycles. The predicted molar refractivity (Wildman–Crippen MR) is 141 cm³/mol. The lowest BCUT2D eigenvalue weighted by atomic mass is 9.57. The number of hydrogen-bond acceptors (Lipinski definition) is 4. The van der Waals surface area contributed by atoms with E-state index in [-0.39, 0.29) is 16.6 Å². The van der Waals surface area contributed by atoms with Crippen molar-refractivity contribution in [1.82, 2.24) is 0 Å². The quantitative estimate of drug-likeness (QED) is 0.366. The fraction of sp³-hybridized carbons (Fsp3) is 0.774. The molecule has 0 amide bonds. The standard InChI is InChI=1S/C31H48O4/c1-5-7-27(34)31(16-17-31)28(35)13-15-29(2,3)26-12-11-25-22(8-6-14-30(25,26)4)10-9-21-18-23(32)20-24(33)19-21/h9-10,13,15,23-26,28,32-33,35H,5-8,11-12,14,16-20H2,1-4H3/b15-13+,22-10+/t23-,24-,25+,26-,28-,30+/m1/s1. The van der Waals surface area contributed by atoms with E-state index in [1.165, 1.54) is 31.3 Å². The van der Waals surface area contributed by atoms with E-state index < -0.39 is 23.7 Å². The zero-order chi connectivity index (χ0) is 25.4. The van der Waals surface area contributed by atoms with Crippen LogP contribution in [0.4, 0.5) is 0 Å². The lowest BCUT2D eigenvalue weighted by molar-refractivity contribution is -0.127. The molecule has 196 valence electrons. The molecule has 6 atom stereocenters. The van der Waals surface area contributed by atoms with Gasteiger partial charge in [0.15, 0.2) is 0 Å². The minimum Gasteiger partial charge on any atom is -0.393 e. The molecule has 3 N–H and O–H groups in total. The lowest BCUT2D eigenvalue weighted by Gasteiger charge is -2.47. The second-order valence-electron chi connectivity index (χ2n) is 13.0. The van der Waals surface area contributed by atoms with Crippen LogP contribution in [0.3, 0.4) is 0 Å². The van der Waals surface area contributed by atoms with Crippen LogP contribution in [0.1, 0.15) is 105 Å². The molecular weight excluding hydrogens is 436 g/mol. The van der Waals surface area contributed by atoms with Gasteiger partial charge < -0.3 is 15.3 Å². The maximum atomic E-state index is 12.6. The van der Waals surface area contributed by atoms with Gasteiger partial charge in [-0.15, -0.1) is 0 Å². The molecule has 4 heteroatoms. The molecular formula is C31H48O4. The molecule has 0 unspecified atom stereocenters. The second-order valence-corrected chi connectivity index (χ2v) is 13.0. The van der Waals surface area contributed by atoms with Gasteiger partial charge in [-0.3, -0.25) is 4.79 Å². The summed E-state index contributed by atoms with van der Waals surface area (Å²) in [6.45, 7) is 9.13. The number of allylic oxidation sites excluding steroid dienone is 4. The van der Waals surface area contributed by atoms with Crippen LogP contribution in [0, 0.1) is 28.1 Å². The highest BCUT2D eigenvalue weighted by Crippen LogP contribution is 2.62. The summed E-state index contributed by atoms with van der Waals surface area (Å²) in [5.41, 5.74) is 2.36. The zero-order valence-electron chi connectivity index (χ0n) is 22.4. The number of carbonyl (C=O) groups is 1. The average molecular weight is 485 g/mol. The number of fused-ring (bicyclic) bond motifs is 1. The number of rotatable bonds is 8. The fourth-order valence-corrected chi connectivity index (χ4v) is 7.98. The first-order valence-electron chi connectivity index (χ1n) is 14.2. The Labute approximate surface area is 212 Å². The van der Waals surface area contributed by atoms with Gasteiger partial charge in [-0.05, 0) is 93.3 Å². The Morgan fingerprint density at radius 2 is 1.80 bits per heavy atom. The van der Waals surface area contributed by atoms with E-state index >= 15 is 0 Å². The van der Waals surface area contributed by atoms with E-state index in [1.54, 1.807) is 0 Å². The van der Waals surface area contributed by atoms with Crippen LogP contribution in [0.5, 0.6) is 0 Å². The number of aliphatic hydroxyl groups is 3. The first kappa shape index (κ1) is 26.8. The Morgan fingerprint density at radius 1 is 1.11 bits per heavy atom. The summed E-state index contributed by atoms with van der Waals surface area (Å²) < 4.78 is 0. The molecule has 0 spiro atoms. The van der Waals surface area contributed by atoms with Gasteiger partial charge in [-0.2, -0.15) is 0 Å². The van der Waals surface area contributed by atoms with E-state index in [2.05, 4.69) is 39.0 Å².